The number of rotatable bonds is 6. The van der Waals surface area contributed by atoms with E-state index in [1.807, 2.05) is 37.3 Å². The Balaban J connectivity index is 1.41. The average Bonchev–Trinajstić information content (AvgIpc) is 3.35. The van der Waals surface area contributed by atoms with Gasteiger partial charge in [0.1, 0.15) is 6.04 Å². The van der Waals surface area contributed by atoms with Gasteiger partial charge in [-0.1, -0.05) is 38.1 Å². The number of pyridine rings is 1. The van der Waals surface area contributed by atoms with Crippen LogP contribution in [-0.2, 0) is 4.79 Å². The number of urea groups is 1. The third-order valence-corrected chi connectivity index (χ3v) is 6.40. The summed E-state index contributed by atoms with van der Waals surface area (Å²) < 4.78 is 0. The van der Waals surface area contributed by atoms with Crippen LogP contribution in [0.1, 0.15) is 54.1 Å². The minimum Gasteiger partial charge on any atom is -0.478 e. The van der Waals surface area contributed by atoms with E-state index in [0.29, 0.717) is 36.0 Å². The van der Waals surface area contributed by atoms with Gasteiger partial charge >= 0.3 is 12.0 Å². The number of likely N-dealkylation sites (tertiary alicyclic amines) is 1. The van der Waals surface area contributed by atoms with Crippen LogP contribution in [-0.4, -0.2) is 45.5 Å². The van der Waals surface area contributed by atoms with Crippen molar-refractivity contribution < 1.29 is 19.5 Å². The molecule has 0 radical (unpaired) electrons. The van der Waals surface area contributed by atoms with Crippen molar-refractivity contribution in [3.63, 3.8) is 0 Å². The number of carboxylic acid groups (broad SMARTS) is 1. The summed E-state index contributed by atoms with van der Waals surface area (Å²) >= 11 is 0. The van der Waals surface area contributed by atoms with E-state index in [1.54, 1.807) is 23.2 Å². The van der Waals surface area contributed by atoms with Crippen LogP contribution >= 0.6 is 0 Å². The van der Waals surface area contributed by atoms with Crippen LogP contribution in [0.5, 0.6) is 0 Å². The molecular weight excluding hydrogens is 456 g/mol. The van der Waals surface area contributed by atoms with E-state index in [2.05, 4.69) is 29.5 Å². The molecule has 1 aromatic heterocycles. The largest absolute Gasteiger partial charge is 0.478 e. The number of carbonyl (C=O) groups is 3. The van der Waals surface area contributed by atoms with Crippen LogP contribution in [0.15, 0.2) is 60.8 Å². The van der Waals surface area contributed by atoms with E-state index in [4.69, 9.17) is 5.11 Å². The van der Waals surface area contributed by atoms with Crippen LogP contribution in [0.4, 0.5) is 16.2 Å². The molecule has 1 aliphatic rings. The van der Waals surface area contributed by atoms with E-state index in [0.717, 1.165) is 17.5 Å². The molecule has 1 saturated heterocycles. The average molecular weight is 487 g/mol. The molecule has 3 N–H and O–H groups in total. The lowest BCUT2D eigenvalue weighted by Crippen LogP contribution is -2.45. The third-order valence-electron chi connectivity index (χ3n) is 6.40. The number of hydrogen-bond donors (Lipinski definition) is 3. The van der Waals surface area contributed by atoms with Crippen molar-refractivity contribution in [1.29, 1.82) is 0 Å². The number of anilines is 2. The maximum Gasteiger partial charge on any atom is 0.335 e. The van der Waals surface area contributed by atoms with E-state index in [1.165, 1.54) is 17.7 Å². The van der Waals surface area contributed by atoms with Crippen molar-refractivity contribution in [3.8, 4) is 11.3 Å². The second-order valence-corrected chi connectivity index (χ2v) is 9.32. The maximum absolute atomic E-state index is 13.1. The topological polar surface area (TPSA) is 112 Å². The highest BCUT2D eigenvalue weighted by Gasteiger charge is 2.34. The molecule has 1 aliphatic heterocycles. The summed E-state index contributed by atoms with van der Waals surface area (Å²) in [6, 6.07) is 15.2. The first-order valence-corrected chi connectivity index (χ1v) is 12.0. The van der Waals surface area contributed by atoms with Crippen LogP contribution in [0.25, 0.3) is 11.3 Å². The fourth-order valence-corrected chi connectivity index (χ4v) is 4.37. The highest BCUT2D eigenvalue weighted by molar-refractivity contribution is 5.99. The molecule has 0 unspecified atom stereocenters. The number of benzene rings is 2. The summed E-state index contributed by atoms with van der Waals surface area (Å²) in [4.78, 5) is 43.1. The summed E-state index contributed by atoms with van der Waals surface area (Å²) in [7, 11) is 0. The smallest absolute Gasteiger partial charge is 0.335 e. The van der Waals surface area contributed by atoms with Gasteiger partial charge in [0.2, 0.25) is 5.91 Å². The SMILES string of the molecule is Cc1cc(NC(=O)[C@H]2CCCN2C(=O)Nc2ccc(C(C)C)cc2)cnc1-c1ccc(C(=O)O)cc1. The number of carbonyl (C=O) groups excluding carboxylic acids is 2. The van der Waals surface area contributed by atoms with Gasteiger partial charge in [-0.2, -0.15) is 0 Å². The molecule has 0 bridgehead atoms. The van der Waals surface area contributed by atoms with Crippen molar-refractivity contribution in [2.24, 2.45) is 0 Å². The number of hydrogen-bond acceptors (Lipinski definition) is 4. The molecular formula is C28H30N4O4. The molecule has 1 atom stereocenters. The Labute approximate surface area is 210 Å². The fourth-order valence-electron chi connectivity index (χ4n) is 4.37. The zero-order valence-electron chi connectivity index (χ0n) is 20.6. The molecule has 0 aliphatic carbocycles. The van der Waals surface area contributed by atoms with Crippen molar-refractivity contribution in [2.75, 3.05) is 17.2 Å². The maximum atomic E-state index is 13.1. The van der Waals surface area contributed by atoms with E-state index in [9.17, 15) is 14.4 Å². The number of aryl methyl sites for hydroxylation is 1. The van der Waals surface area contributed by atoms with Crippen LogP contribution < -0.4 is 10.6 Å². The Morgan fingerprint density at radius 2 is 1.69 bits per heavy atom. The number of carboxylic acids is 1. The highest BCUT2D eigenvalue weighted by Crippen LogP contribution is 2.26. The second kappa shape index (κ2) is 10.6. The van der Waals surface area contributed by atoms with Gasteiger partial charge in [0, 0.05) is 17.8 Å². The molecule has 36 heavy (non-hydrogen) atoms. The van der Waals surface area contributed by atoms with Crippen LogP contribution in [0.3, 0.4) is 0 Å². The summed E-state index contributed by atoms with van der Waals surface area (Å²) in [5, 5.41) is 14.9. The number of nitrogens with zero attached hydrogens (tertiary/aromatic N) is 2. The third kappa shape index (κ3) is 5.54. The zero-order chi connectivity index (χ0) is 25.8. The van der Waals surface area contributed by atoms with E-state index in [-0.39, 0.29) is 17.5 Å². The number of nitrogens with one attached hydrogen (secondary N) is 2. The Bertz CT molecular complexity index is 1270. The first-order chi connectivity index (χ1) is 17.2. The van der Waals surface area contributed by atoms with Gasteiger partial charge < -0.3 is 20.6 Å². The molecule has 8 heteroatoms. The van der Waals surface area contributed by atoms with Gasteiger partial charge in [-0.25, -0.2) is 9.59 Å². The van der Waals surface area contributed by atoms with Gasteiger partial charge in [0.05, 0.1) is 23.1 Å². The predicted octanol–water partition coefficient (Wildman–Crippen LogP) is 5.51. The standard InChI is InChI=1S/C28H30N4O4/c1-17(2)19-10-12-22(13-11-19)31-28(36)32-14-4-5-24(32)26(33)30-23-15-18(3)25(29-16-23)20-6-8-21(9-7-20)27(34)35/h6-13,15-17,24H,4-5,14H2,1-3H3,(H,30,33)(H,31,36)(H,34,35)/t24-/m1/s1. The minimum atomic E-state index is -0.983. The predicted molar refractivity (Wildman–Crippen MR) is 139 cm³/mol. The van der Waals surface area contributed by atoms with Gasteiger partial charge in [-0.15, -0.1) is 0 Å². The summed E-state index contributed by atoms with van der Waals surface area (Å²) in [6.45, 7) is 6.62. The second-order valence-electron chi connectivity index (χ2n) is 9.32. The van der Waals surface area contributed by atoms with Crippen molar-refractivity contribution >= 4 is 29.3 Å². The van der Waals surface area contributed by atoms with Gasteiger partial charge in [0.15, 0.2) is 0 Å². The van der Waals surface area contributed by atoms with Gasteiger partial charge in [-0.05, 0) is 67.1 Å². The lowest BCUT2D eigenvalue weighted by atomic mass is 10.0. The van der Waals surface area contributed by atoms with Crippen molar-refractivity contribution in [2.45, 2.75) is 45.6 Å². The molecule has 2 heterocycles. The lowest BCUT2D eigenvalue weighted by Gasteiger charge is -2.24. The first-order valence-electron chi connectivity index (χ1n) is 12.0. The first kappa shape index (κ1) is 24.9. The molecule has 2 aromatic carbocycles. The number of aromatic nitrogens is 1. The Morgan fingerprint density at radius 3 is 2.31 bits per heavy atom. The summed E-state index contributed by atoms with van der Waals surface area (Å²) in [6.07, 6.45) is 2.91. The molecule has 3 amide bonds. The van der Waals surface area contributed by atoms with Gasteiger partial charge in [0.25, 0.3) is 0 Å². The zero-order valence-corrected chi connectivity index (χ0v) is 20.6. The van der Waals surface area contributed by atoms with E-state index >= 15 is 0 Å². The molecule has 186 valence electrons. The highest BCUT2D eigenvalue weighted by atomic mass is 16.4. The number of aromatic carboxylic acids is 1. The molecule has 4 rings (SSSR count). The monoisotopic (exact) mass is 486 g/mol. The Hall–Kier alpha value is -4.20. The van der Waals surface area contributed by atoms with Gasteiger partial charge in [-0.3, -0.25) is 9.78 Å². The van der Waals surface area contributed by atoms with Crippen LogP contribution in [0.2, 0.25) is 0 Å². The molecule has 8 nitrogen and oxygen atoms in total. The Morgan fingerprint density at radius 1 is 1.00 bits per heavy atom. The van der Waals surface area contributed by atoms with Crippen LogP contribution in [0, 0.1) is 6.92 Å². The lowest BCUT2D eigenvalue weighted by molar-refractivity contribution is -0.119. The van der Waals surface area contributed by atoms with Crippen molar-refractivity contribution in [1.82, 2.24) is 9.88 Å². The summed E-state index contributed by atoms with van der Waals surface area (Å²) in [5.74, 6) is -0.827. The summed E-state index contributed by atoms with van der Waals surface area (Å²) in [5.41, 5.74) is 4.96. The Kier molecular flexibility index (Phi) is 7.33. The molecule has 3 aromatic rings. The number of amides is 3. The van der Waals surface area contributed by atoms with Crippen molar-refractivity contribution in [3.05, 3.63) is 77.5 Å². The molecule has 0 spiro atoms. The molecule has 0 saturated carbocycles. The minimum absolute atomic E-state index is 0.206. The molecule has 1 fully saturated rings. The van der Waals surface area contributed by atoms with E-state index < -0.39 is 12.0 Å². The quantitative estimate of drug-likeness (QED) is 0.425. The fraction of sp³-hybridized carbons (Fsp3) is 0.286. The normalized spacial score (nSPS) is 15.1.